The van der Waals surface area contributed by atoms with Gasteiger partial charge in [-0.3, -0.25) is 10.1 Å². The van der Waals surface area contributed by atoms with Crippen molar-refractivity contribution in [3.8, 4) is 17.0 Å². The highest BCUT2D eigenvalue weighted by Gasteiger charge is 2.11. The Bertz CT molecular complexity index is 916. The second kappa shape index (κ2) is 8.33. The number of nitrogens with zero attached hydrogens (tertiary/aromatic N) is 1. The van der Waals surface area contributed by atoms with Crippen LogP contribution >= 0.6 is 43.2 Å². The van der Waals surface area contributed by atoms with Gasteiger partial charge in [-0.1, -0.05) is 34.1 Å². The second-order valence-corrected chi connectivity index (χ2v) is 8.40. The van der Waals surface area contributed by atoms with Crippen LogP contribution in [-0.4, -0.2) is 17.5 Å². The predicted octanol–water partition coefficient (Wildman–Crippen LogP) is 5.97. The Kier molecular flexibility index (Phi) is 6.11. The normalized spacial score (nSPS) is 10.6. The number of anilines is 1. The van der Waals surface area contributed by atoms with Gasteiger partial charge in [0.05, 0.1) is 10.2 Å². The molecule has 1 heterocycles. The molecule has 0 spiro atoms. The molecule has 3 rings (SSSR count). The second-order valence-electron chi connectivity index (χ2n) is 5.77. The first-order valence-electron chi connectivity index (χ1n) is 7.83. The maximum absolute atomic E-state index is 12.2. The molecule has 0 bridgehead atoms. The Morgan fingerprint density at radius 3 is 2.62 bits per heavy atom. The zero-order valence-electron chi connectivity index (χ0n) is 14.2. The highest BCUT2D eigenvalue weighted by atomic mass is 79.9. The lowest BCUT2D eigenvalue weighted by atomic mass is 10.1. The van der Waals surface area contributed by atoms with Crippen molar-refractivity contribution in [3.05, 3.63) is 61.9 Å². The number of benzene rings is 2. The third-order valence-corrected chi connectivity index (χ3v) is 5.49. The summed E-state index contributed by atoms with van der Waals surface area (Å²) in [7, 11) is 0. The van der Waals surface area contributed by atoms with Crippen molar-refractivity contribution in [2.75, 3.05) is 11.9 Å². The van der Waals surface area contributed by atoms with Gasteiger partial charge in [-0.2, -0.15) is 0 Å². The first-order chi connectivity index (χ1) is 12.4. The predicted molar refractivity (Wildman–Crippen MR) is 113 cm³/mol. The van der Waals surface area contributed by atoms with E-state index in [1.165, 1.54) is 11.3 Å². The standard InChI is InChI=1S/C19H16Br2N2O2S/c1-11-7-12(2)18(15(21)8-11)25-9-17(24)23-19-22-16(10-26-19)13-3-5-14(20)6-4-13/h3-8,10H,9H2,1-2H3,(H,22,23,24). The number of nitrogens with one attached hydrogen (secondary N) is 1. The van der Waals surface area contributed by atoms with E-state index >= 15 is 0 Å². The molecule has 134 valence electrons. The molecule has 26 heavy (non-hydrogen) atoms. The van der Waals surface area contributed by atoms with E-state index in [-0.39, 0.29) is 12.5 Å². The molecule has 3 aromatic rings. The van der Waals surface area contributed by atoms with Gasteiger partial charge >= 0.3 is 0 Å². The summed E-state index contributed by atoms with van der Waals surface area (Å²) in [5, 5.41) is 5.25. The van der Waals surface area contributed by atoms with Crippen LogP contribution in [-0.2, 0) is 4.79 Å². The molecule has 7 heteroatoms. The molecule has 4 nitrogen and oxygen atoms in total. The van der Waals surface area contributed by atoms with E-state index in [1.54, 1.807) is 0 Å². The zero-order valence-corrected chi connectivity index (χ0v) is 18.2. The topological polar surface area (TPSA) is 51.2 Å². The van der Waals surface area contributed by atoms with Gasteiger partial charge < -0.3 is 4.74 Å². The van der Waals surface area contributed by atoms with E-state index in [9.17, 15) is 4.79 Å². The Hall–Kier alpha value is -1.70. The molecule has 0 radical (unpaired) electrons. The molecule has 0 saturated heterocycles. The van der Waals surface area contributed by atoms with Crippen LogP contribution in [0.1, 0.15) is 11.1 Å². The number of ether oxygens (including phenoxy) is 1. The van der Waals surface area contributed by atoms with Gasteiger partial charge in [-0.05, 0) is 59.1 Å². The van der Waals surface area contributed by atoms with Crippen LogP contribution < -0.4 is 10.1 Å². The number of carbonyl (C=O) groups excluding carboxylic acids is 1. The van der Waals surface area contributed by atoms with Crippen LogP contribution in [0.25, 0.3) is 11.3 Å². The zero-order chi connectivity index (χ0) is 18.7. The van der Waals surface area contributed by atoms with Crippen molar-refractivity contribution in [2.45, 2.75) is 13.8 Å². The van der Waals surface area contributed by atoms with Crippen molar-refractivity contribution in [1.82, 2.24) is 4.98 Å². The van der Waals surface area contributed by atoms with Crippen LogP contribution in [0.5, 0.6) is 5.75 Å². The maximum atomic E-state index is 12.2. The number of aryl methyl sites for hydroxylation is 2. The van der Waals surface area contributed by atoms with E-state index in [0.29, 0.717) is 10.9 Å². The lowest BCUT2D eigenvalue weighted by molar-refractivity contribution is -0.118. The molecule has 0 aliphatic rings. The van der Waals surface area contributed by atoms with E-state index in [0.717, 1.165) is 31.3 Å². The SMILES string of the molecule is Cc1cc(C)c(OCC(=O)Nc2nc(-c3ccc(Br)cc3)cs2)c(Br)c1. The fraction of sp³-hybridized carbons (Fsp3) is 0.158. The lowest BCUT2D eigenvalue weighted by Crippen LogP contribution is -2.20. The molecule has 0 aliphatic carbocycles. The van der Waals surface area contributed by atoms with Crippen molar-refractivity contribution in [1.29, 1.82) is 0 Å². The number of thiazole rings is 1. The summed E-state index contributed by atoms with van der Waals surface area (Å²) in [6.07, 6.45) is 0. The summed E-state index contributed by atoms with van der Waals surface area (Å²) >= 11 is 8.28. The van der Waals surface area contributed by atoms with Gasteiger partial charge in [-0.25, -0.2) is 4.98 Å². The van der Waals surface area contributed by atoms with Crippen LogP contribution in [0.15, 0.2) is 50.7 Å². The first-order valence-corrected chi connectivity index (χ1v) is 10.3. The molecule has 1 aromatic heterocycles. The molecule has 1 amide bonds. The number of halogens is 2. The minimum atomic E-state index is -0.242. The summed E-state index contributed by atoms with van der Waals surface area (Å²) in [6.45, 7) is 3.89. The third-order valence-electron chi connectivity index (χ3n) is 3.61. The number of aromatic nitrogens is 1. The Labute approximate surface area is 172 Å². The molecule has 0 unspecified atom stereocenters. The van der Waals surface area contributed by atoms with Crippen LogP contribution in [0.4, 0.5) is 5.13 Å². The van der Waals surface area contributed by atoms with Gasteiger partial charge in [0.2, 0.25) is 0 Å². The number of amides is 1. The minimum absolute atomic E-state index is 0.0737. The highest BCUT2D eigenvalue weighted by Crippen LogP contribution is 2.30. The van der Waals surface area contributed by atoms with Crippen LogP contribution in [0.2, 0.25) is 0 Å². The van der Waals surface area contributed by atoms with Gasteiger partial charge in [0.15, 0.2) is 11.7 Å². The number of rotatable bonds is 5. The Morgan fingerprint density at radius 2 is 1.92 bits per heavy atom. The van der Waals surface area contributed by atoms with E-state index < -0.39 is 0 Å². The first kappa shape index (κ1) is 19.1. The summed E-state index contributed by atoms with van der Waals surface area (Å²) < 4.78 is 7.53. The third kappa shape index (κ3) is 4.72. The van der Waals surface area contributed by atoms with Crippen molar-refractivity contribution in [3.63, 3.8) is 0 Å². The molecule has 0 saturated carbocycles. The summed E-state index contributed by atoms with van der Waals surface area (Å²) in [5.74, 6) is 0.439. The van der Waals surface area contributed by atoms with Gasteiger partial charge in [0.1, 0.15) is 5.75 Å². The van der Waals surface area contributed by atoms with Crippen LogP contribution in [0, 0.1) is 13.8 Å². The summed E-state index contributed by atoms with van der Waals surface area (Å²) in [4.78, 5) is 16.6. The fourth-order valence-electron chi connectivity index (χ4n) is 2.46. The molecule has 2 aromatic carbocycles. The average Bonchev–Trinajstić information content (AvgIpc) is 3.03. The van der Waals surface area contributed by atoms with Crippen molar-refractivity contribution in [2.24, 2.45) is 0 Å². The monoisotopic (exact) mass is 494 g/mol. The average molecular weight is 496 g/mol. The number of hydrogen-bond acceptors (Lipinski definition) is 4. The molecule has 0 aliphatic heterocycles. The molecule has 0 atom stereocenters. The molecule has 1 N–H and O–H groups in total. The fourth-order valence-corrected chi connectivity index (χ4v) is 4.25. The van der Waals surface area contributed by atoms with Crippen molar-refractivity contribution >= 4 is 54.2 Å². The quantitative estimate of drug-likeness (QED) is 0.474. The summed E-state index contributed by atoms with van der Waals surface area (Å²) in [6, 6.07) is 11.9. The van der Waals surface area contributed by atoms with Crippen LogP contribution in [0.3, 0.4) is 0 Å². The smallest absolute Gasteiger partial charge is 0.264 e. The van der Waals surface area contributed by atoms with Crippen molar-refractivity contribution < 1.29 is 9.53 Å². The molecule has 0 fully saturated rings. The van der Waals surface area contributed by atoms with E-state index in [1.807, 2.05) is 55.6 Å². The number of carbonyl (C=O) groups is 1. The van der Waals surface area contributed by atoms with E-state index in [4.69, 9.17) is 4.74 Å². The largest absolute Gasteiger partial charge is 0.482 e. The molecular weight excluding hydrogens is 480 g/mol. The van der Waals surface area contributed by atoms with E-state index in [2.05, 4.69) is 42.2 Å². The van der Waals surface area contributed by atoms with Gasteiger partial charge in [0.25, 0.3) is 5.91 Å². The Balaban J connectivity index is 1.62. The summed E-state index contributed by atoms with van der Waals surface area (Å²) in [5.41, 5.74) is 3.95. The maximum Gasteiger partial charge on any atom is 0.264 e. The number of hydrogen-bond donors (Lipinski definition) is 1. The lowest BCUT2D eigenvalue weighted by Gasteiger charge is -2.11. The molecular formula is C19H16Br2N2O2S. The van der Waals surface area contributed by atoms with Gasteiger partial charge in [-0.15, -0.1) is 11.3 Å². The van der Waals surface area contributed by atoms with Gasteiger partial charge in [0, 0.05) is 15.4 Å². The highest BCUT2D eigenvalue weighted by molar-refractivity contribution is 9.10. The Morgan fingerprint density at radius 1 is 1.19 bits per heavy atom. The minimum Gasteiger partial charge on any atom is -0.482 e.